The van der Waals surface area contributed by atoms with Crippen LogP contribution in [0.25, 0.3) is 0 Å². The zero-order valence-corrected chi connectivity index (χ0v) is 18.6. The third-order valence-corrected chi connectivity index (χ3v) is 5.16. The van der Waals surface area contributed by atoms with Gasteiger partial charge in [0, 0.05) is 18.7 Å². The summed E-state index contributed by atoms with van der Waals surface area (Å²) in [5.74, 6) is -1.09. The Hall–Kier alpha value is -3.13. The molecule has 0 aliphatic heterocycles. The van der Waals surface area contributed by atoms with Gasteiger partial charge in [0.25, 0.3) is 0 Å². The quantitative estimate of drug-likeness (QED) is 0.420. The van der Waals surface area contributed by atoms with Crippen LogP contribution in [0, 0.1) is 5.82 Å². The van der Waals surface area contributed by atoms with E-state index in [0.29, 0.717) is 16.7 Å². The summed E-state index contributed by atoms with van der Waals surface area (Å²) in [5, 5.41) is 5.75. The van der Waals surface area contributed by atoms with Gasteiger partial charge in [0.05, 0.1) is 16.3 Å². The van der Waals surface area contributed by atoms with E-state index in [1.165, 1.54) is 18.3 Å². The van der Waals surface area contributed by atoms with Crippen LogP contribution in [0.3, 0.4) is 0 Å². The van der Waals surface area contributed by atoms with Crippen LogP contribution >= 0.6 is 11.6 Å². The number of rotatable bonds is 6. The number of pyridine rings is 1. The predicted molar refractivity (Wildman–Crippen MR) is 118 cm³/mol. The first-order chi connectivity index (χ1) is 15.5. The monoisotopic (exact) mass is 479 g/mol. The highest BCUT2D eigenvalue weighted by molar-refractivity contribution is 6.30. The van der Waals surface area contributed by atoms with Gasteiger partial charge in [0.2, 0.25) is 0 Å². The molecule has 1 unspecified atom stereocenters. The lowest BCUT2D eigenvalue weighted by Gasteiger charge is -2.36. The Morgan fingerprint density at radius 1 is 1.03 bits per heavy atom. The minimum absolute atomic E-state index is 0.00867. The zero-order valence-electron chi connectivity index (χ0n) is 17.9. The van der Waals surface area contributed by atoms with Gasteiger partial charge in [-0.3, -0.25) is 4.98 Å². The molecule has 174 valence electrons. The molecule has 0 spiro atoms. The van der Waals surface area contributed by atoms with Crippen LogP contribution in [-0.2, 0) is 18.1 Å². The number of aromatic nitrogens is 1. The summed E-state index contributed by atoms with van der Waals surface area (Å²) in [6, 6.07) is 13.2. The van der Waals surface area contributed by atoms with Crippen molar-refractivity contribution in [1.82, 2.24) is 15.6 Å². The van der Waals surface area contributed by atoms with Crippen LogP contribution in [0.1, 0.15) is 36.2 Å². The molecule has 0 radical (unpaired) electrons. The topological polar surface area (TPSA) is 54.0 Å². The summed E-state index contributed by atoms with van der Waals surface area (Å²) in [5.41, 5.74) is -2.01. The largest absolute Gasteiger partial charge is 0.416 e. The van der Waals surface area contributed by atoms with Gasteiger partial charge in [-0.05, 0) is 55.3 Å². The average molecular weight is 480 g/mol. The van der Waals surface area contributed by atoms with Crippen molar-refractivity contribution < 1.29 is 22.4 Å². The molecular weight excluding hydrogens is 458 g/mol. The molecule has 0 saturated carbocycles. The first kappa shape index (κ1) is 24.5. The summed E-state index contributed by atoms with van der Waals surface area (Å²) < 4.78 is 55.1. The van der Waals surface area contributed by atoms with Crippen LogP contribution in [0.5, 0.6) is 0 Å². The number of benzene rings is 2. The standard InChI is InChI=1S/C24H22ClF4N3O/c1-15(2)31-22(33)32-23(13-16-6-4-3-5-7-16,21-9-8-19(25)14-30-21)17-10-18(24(27,28)29)12-20(26)11-17/h3-12,14-15H,13H2,1-2H3,(H2,31,32,33). The maximum Gasteiger partial charge on any atom is 0.416 e. The van der Waals surface area contributed by atoms with Crippen LogP contribution in [0.2, 0.25) is 5.02 Å². The van der Waals surface area contributed by atoms with Crippen LogP contribution < -0.4 is 10.6 Å². The first-order valence-electron chi connectivity index (χ1n) is 10.1. The minimum atomic E-state index is -4.79. The van der Waals surface area contributed by atoms with E-state index in [1.807, 2.05) is 0 Å². The number of carbonyl (C=O) groups excluding carboxylic acids is 1. The molecule has 1 atom stereocenters. The Morgan fingerprint density at radius 2 is 1.70 bits per heavy atom. The molecule has 0 saturated heterocycles. The molecule has 3 aromatic rings. The molecule has 1 aromatic heterocycles. The van der Waals surface area contributed by atoms with E-state index >= 15 is 0 Å². The third kappa shape index (κ3) is 6.01. The van der Waals surface area contributed by atoms with Crippen molar-refractivity contribution in [2.45, 2.75) is 38.0 Å². The lowest BCUT2D eigenvalue weighted by Crippen LogP contribution is -2.53. The van der Waals surface area contributed by atoms with Crippen LogP contribution in [0.15, 0.2) is 66.9 Å². The van der Waals surface area contributed by atoms with Gasteiger partial charge in [-0.25, -0.2) is 9.18 Å². The fourth-order valence-corrected chi connectivity index (χ4v) is 3.65. The number of hydrogen-bond donors (Lipinski definition) is 2. The maximum atomic E-state index is 14.5. The van der Waals surface area contributed by atoms with Crippen LogP contribution in [-0.4, -0.2) is 17.1 Å². The molecule has 0 aliphatic carbocycles. The van der Waals surface area contributed by atoms with Crippen molar-refractivity contribution in [3.05, 3.63) is 100 Å². The first-order valence-corrected chi connectivity index (χ1v) is 10.5. The highest BCUT2D eigenvalue weighted by Gasteiger charge is 2.41. The number of alkyl halides is 3. The van der Waals surface area contributed by atoms with E-state index in [0.717, 1.165) is 12.1 Å². The Bertz CT molecular complexity index is 1100. The Balaban J connectivity index is 2.29. The predicted octanol–water partition coefficient (Wildman–Crippen LogP) is 6.09. The maximum absolute atomic E-state index is 14.5. The Morgan fingerprint density at radius 3 is 2.27 bits per heavy atom. The van der Waals surface area contributed by atoms with Crippen molar-refractivity contribution >= 4 is 17.6 Å². The van der Waals surface area contributed by atoms with Crippen molar-refractivity contribution in [2.75, 3.05) is 0 Å². The fraction of sp³-hybridized carbons (Fsp3) is 0.250. The highest BCUT2D eigenvalue weighted by Crippen LogP contribution is 2.37. The summed E-state index contributed by atoms with van der Waals surface area (Å²) in [4.78, 5) is 17.1. The van der Waals surface area contributed by atoms with E-state index in [2.05, 4.69) is 15.6 Å². The number of urea groups is 1. The zero-order chi connectivity index (χ0) is 24.2. The molecule has 3 rings (SSSR count). The minimum Gasteiger partial charge on any atom is -0.336 e. The second-order valence-corrected chi connectivity index (χ2v) is 8.35. The van der Waals surface area contributed by atoms with E-state index in [9.17, 15) is 22.4 Å². The van der Waals surface area contributed by atoms with Gasteiger partial charge in [-0.2, -0.15) is 13.2 Å². The lowest BCUT2D eigenvalue weighted by molar-refractivity contribution is -0.137. The number of amides is 2. The molecule has 9 heteroatoms. The molecule has 0 fully saturated rings. The van der Waals surface area contributed by atoms with E-state index in [4.69, 9.17) is 11.6 Å². The van der Waals surface area contributed by atoms with Gasteiger partial charge in [-0.1, -0.05) is 41.9 Å². The molecule has 33 heavy (non-hydrogen) atoms. The highest BCUT2D eigenvalue weighted by atomic mass is 35.5. The van der Waals surface area contributed by atoms with Crippen molar-refractivity contribution in [1.29, 1.82) is 0 Å². The number of hydrogen-bond acceptors (Lipinski definition) is 2. The molecule has 0 aliphatic rings. The van der Waals surface area contributed by atoms with Crippen molar-refractivity contribution in [3.63, 3.8) is 0 Å². The van der Waals surface area contributed by atoms with E-state index in [1.54, 1.807) is 44.2 Å². The summed E-state index contributed by atoms with van der Waals surface area (Å²) in [7, 11) is 0. The molecule has 4 nitrogen and oxygen atoms in total. The third-order valence-electron chi connectivity index (χ3n) is 4.94. The van der Waals surface area contributed by atoms with Crippen LogP contribution in [0.4, 0.5) is 22.4 Å². The molecule has 2 amide bonds. The number of halogens is 5. The summed E-state index contributed by atoms with van der Waals surface area (Å²) in [6.07, 6.45) is -3.46. The fourth-order valence-electron chi connectivity index (χ4n) is 3.54. The average Bonchev–Trinajstić information content (AvgIpc) is 2.73. The van der Waals surface area contributed by atoms with Gasteiger partial charge in [0.1, 0.15) is 11.4 Å². The molecular formula is C24H22ClF4N3O. The van der Waals surface area contributed by atoms with E-state index in [-0.39, 0.29) is 23.7 Å². The second-order valence-electron chi connectivity index (χ2n) is 7.91. The van der Waals surface area contributed by atoms with Crippen molar-refractivity contribution in [3.8, 4) is 0 Å². The number of nitrogens with zero attached hydrogens (tertiary/aromatic N) is 1. The Labute approximate surface area is 194 Å². The Kier molecular flexibility index (Phi) is 7.27. The van der Waals surface area contributed by atoms with Crippen molar-refractivity contribution in [2.24, 2.45) is 0 Å². The molecule has 2 N–H and O–H groups in total. The van der Waals surface area contributed by atoms with Gasteiger partial charge in [-0.15, -0.1) is 0 Å². The smallest absolute Gasteiger partial charge is 0.336 e. The van der Waals surface area contributed by atoms with Gasteiger partial charge in [0.15, 0.2) is 0 Å². The van der Waals surface area contributed by atoms with E-state index < -0.39 is 29.1 Å². The number of carbonyl (C=O) groups is 1. The lowest BCUT2D eigenvalue weighted by atomic mass is 9.79. The number of nitrogens with one attached hydrogen (secondary N) is 2. The summed E-state index contributed by atoms with van der Waals surface area (Å²) in [6.45, 7) is 3.48. The molecule has 2 aromatic carbocycles. The SMILES string of the molecule is CC(C)NC(=O)NC(Cc1ccccc1)(c1cc(F)cc(C(F)(F)F)c1)c1ccc(Cl)cn1. The summed E-state index contributed by atoms with van der Waals surface area (Å²) >= 11 is 5.98. The second kappa shape index (κ2) is 9.79. The normalized spacial score (nSPS) is 13.5. The molecule has 1 heterocycles. The van der Waals surface area contributed by atoms with Gasteiger partial charge < -0.3 is 10.6 Å². The molecule has 0 bridgehead atoms. The van der Waals surface area contributed by atoms with Gasteiger partial charge >= 0.3 is 12.2 Å².